The summed E-state index contributed by atoms with van der Waals surface area (Å²) in [5.41, 5.74) is 0.618. The molecule has 16 heavy (non-hydrogen) atoms. The Hall–Kier alpha value is 0.1000. The highest BCUT2D eigenvalue weighted by atomic mass is 79.9. The lowest BCUT2D eigenvalue weighted by Crippen LogP contribution is -1.93. The highest BCUT2D eigenvalue weighted by Gasteiger charge is 2.17. The summed E-state index contributed by atoms with van der Waals surface area (Å²) in [7, 11) is 0. The molecule has 2 aromatic rings. The molecule has 0 aliphatic heterocycles. The maximum Gasteiger partial charge on any atom is 0.127 e. The molecule has 1 unspecified atom stereocenters. The summed E-state index contributed by atoms with van der Waals surface area (Å²) in [5.74, 6) is -0.218. The zero-order valence-electron chi connectivity index (χ0n) is 7.88. The summed E-state index contributed by atoms with van der Waals surface area (Å²) in [4.78, 5) is 0.810. The first kappa shape index (κ1) is 12.6. The molecule has 0 saturated heterocycles. The van der Waals surface area contributed by atoms with Crippen LogP contribution in [0.15, 0.2) is 34.8 Å². The van der Waals surface area contributed by atoms with Gasteiger partial charge in [0.1, 0.15) is 10.2 Å². The van der Waals surface area contributed by atoms with E-state index in [1.165, 1.54) is 17.4 Å². The van der Waals surface area contributed by atoms with Crippen molar-refractivity contribution < 1.29 is 4.39 Å². The fourth-order valence-corrected chi connectivity index (χ4v) is 3.84. The van der Waals surface area contributed by atoms with Crippen LogP contribution in [0.5, 0.6) is 0 Å². The fraction of sp³-hybridized carbons (Fsp3) is 0.0909. The molecule has 1 atom stereocenters. The van der Waals surface area contributed by atoms with Crippen LogP contribution >= 0.6 is 54.8 Å². The lowest BCUT2D eigenvalue weighted by molar-refractivity contribution is 0.614. The van der Waals surface area contributed by atoms with E-state index in [0.717, 1.165) is 9.35 Å². The van der Waals surface area contributed by atoms with Crippen molar-refractivity contribution in [3.63, 3.8) is 0 Å². The van der Waals surface area contributed by atoms with Gasteiger partial charge >= 0.3 is 0 Å². The molecule has 1 heterocycles. The van der Waals surface area contributed by atoms with Crippen LogP contribution in [0, 0.1) is 5.82 Å². The Balaban J connectivity index is 2.39. The molecule has 0 fully saturated rings. The molecule has 0 radical (unpaired) electrons. The maximum atomic E-state index is 13.6. The van der Waals surface area contributed by atoms with Crippen molar-refractivity contribution in [3.8, 4) is 0 Å². The van der Waals surface area contributed by atoms with E-state index in [-0.39, 0.29) is 10.6 Å². The molecule has 5 heteroatoms. The smallest absolute Gasteiger partial charge is 0.127 e. The number of thiophene rings is 1. The average Bonchev–Trinajstić information content (AvgIpc) is 2.59. The first-order valence-corrected chi connectivity index (χ1v) is 7.33. The Morgan fingerprint density at radius 3 is 2.56 bits per heavy atom. The number of benzene rings is 1. The van der Waals surface area contributed by atoms with Gasteiger partial charge < -0.3 is 0 Å². The number of rotatable bonds is 2. The van der Waals surface area contributed by atoms with Crippen LogP contribution in [0.1, 0.15) is 15.3 Å². The van der Waals surface area contributed by atoms with E-state index >= 15 is 0 Å². The molecule has 0 amide bonds. The normalized spacial score (nSPS) is 12.8. The Bertz CT molecular complexity index is 493. The molecule has 0 nitrogen and oxygen atoms in total. The van der Waals surface area contributed by atoms with Crippen LogP contribution in [0.2, 0.25) is 4.34 Å². The standard InChI is InChI=1S/C11H6Br2ClFS/c12-7-5-9(16-11(7)14)10(13)6-3-1-2-4-8(6)15/h1-5,10H. The van der Waals surface area contributed by atoms with E-state index in [4.69, 9.17) is 11.6 Å². The molecule has 1 aromatic heterocycles. The van der Waals surface area contributed by atoms with E-state index in [1.807, 2.05) is 12.1 Å². The van der Waals surface area contributed by atoms with Crippen molar-refractivity contribution in [2.45, 2.75) is 4.83 Å². The van der Waals surface area contributed by atoms with Gasteiger partial charge in [0.2, 0.25) is 0 Å². The second kappa shape index (κ2) is 5.17. The second-order valence-corrected chi connectivity index (χ2v) is 6.61. The predicted octanol–water partition coefficient (Wildman–Crippen LogP) is 5.79. The van der Waals surface area contributed by atoms with Gasteiger partial charge in [0.05, 0.1) is 4.83 Å². The van der Waals surface area contributed by atoms with Gasteiger partial charge in [-0.05, 0) is 28.1 Å². The number of alkyl halides is 1. The van der Waals surface area contributed by atoms with Crippen molar-refractivity contribution in [1.82, 2.24) is 0 Å². The zero-order valence-corrected chi connectivity index (χ0v) is 12.6. The van der Waals surface area contributed by atoms with Gasteiger partial charge in [-0.2, -0.15) is 0 Å². The molecule has 0 aliphatic carbocycles. The molecular weight excluding hydrogens is 378 g/mol. The van der Waals surface area contributed by atoms with Crippen molar-refractivity contribution in [2.24, 2.45) is 0 Å². The lowest BCUT2D eigenvalue weighted by Gasteiger charge is -2.08. The van der Waals surface area contributed by atoms with Crippen LogP contribution in [0.4, 0.5) is 4.39 Å². The highest BCUT2D eigenvalue weighted by Crippen LogP contribution is 2.41. The van der Waals surface area contributed by atoms with Crippen LogP contribution in [0.25, 0.3) is 0 Å². The van der Waals surface area contributed by atoms with Crippen LogP contribution in [-0.4, -0.2) is 0 Å². The Morgan fingerprint density at radius 1 is 1.31 bits per heavy atom. The van der Waals surface area contributed by atoms with Crippen LogP contribution < -0.4 is 0 Å². The van der Waals surface area contributed by atoms with Gasteiger partial charge in [0.25, 0.3) is 0 Å². The summed E-state index contributed by atoms with van der Waals surface area (Å²) in [6.45, 7) is 0. The van der Waals surface area contributed by atoms with Crippen molar-refractivity contribution >= 4 is 54.8 Å². The third kappa shape index (κ3) is 2.50. The topological polar surface area (TPSA) is 0 Å². The number of halogens is 4. The van der Waals surface area contributed by atoms with Crippen molar-refractivity contribution in [1.29, 1.82) is 0 Å². The quantitative estimate of drug-likeness (QED) is 0.575. The minimum Gasteiger partial charge on any atom is -0.207 e. The van der Waals surface area contributed by atoms with E-state index in [9.17, 15) is 4.39 Å². The first-order chi connectivity index (χ1) is 7.59. The second-order valence-electron chi connectivity index (χ2n) is 3.15. The van der Waals surface area contributed by atoms with Gasteiger partial charge in [-0.1, -0.05) is 45.7 Å². The molecule has 2 rings (SSSR count). The van der Waals surface area contributed by atoms with E-state index in [1.54, 1.807) is 12.1 Å². The van der Waals surface area contributed by atoms with Gasteiger partial charge in [-0.15, -0.1) is 11.3 Å². The predicted molar refractivity (Wildman–Crippen MR) is 74.2 cm³/mol. The summed E-state index contributed by atoms with van der Waals surface area (Å²) >= 11 is 14.2. The molecule has 0 bridgehead atoms. The van der Waals surface area contributed by atoms with Gasteiger partial charge in [0, 0.05) is 14.9 Å². The molecule has 0 aliphatic rings. The molecule has 1 aromatic carbocycles. The average molecular weight is 384 g/mol. The minimum atomic E-state index is -0.218. The third-order valence-corrected chi connectivity index (χ3v) is 5.92. The number of hydrogen-bond acceptors (Lipinski definition) is 1. The molecule has 84 valence electrons. The van der Waals surface area contributed by atoms with E-state index in [2.05, 4.69) is 31.9 Å². The Morgan fingerprint density at radius 2 is 2.00 bits per heavy atom. The van der Waals surface area contributed by atoms with Gasteiger partial charge in [-0.25, -0.2) is 4.39 Å². The Labute approximate surface area is 119 Å². The summed E-state index contributed by atoms with van der Waals surface area (Å²) in [6.07, 6.45) is 0. The van der Waals surface area contributed by atoms with Gasteiger partial charge in [0.15, 0.2) is 0 Å². The monoisotopic (exact) mass is 382 g/mol. The summed E-state index contributed by atoms with van der Waals surface area (Å²) in [5, 5.41) is 0. The molecule has 0 N–H and O–H groups in total. The Kier molecular flexibility index (Phi) is 4.06. The molecule has 0 spiro atoms. The zero-order chi connectivity index (χ0) is 11.7. The van der Waals surface area contributed by atoms with Crippen molar-refractivity contribution in [2.75, 3.05) is 0 Å². The SMILES string of the molecule is Fc1ccccc1C(Br)c1cc(Br)c(Cl)s1. The van der Waals surface area contributed by atoms with Gasteiger partial charge in [-0.3, -0.25) is 0 Å². The van der Waals surface area contributed by atoms with Crippen LogP contribution in [0.3, 0.4) is 0 Å². The van der Waals surface area contributed by atoms with E-state index < -0.39 is 0 Å². The first-order valence-electron chi connectivity index (χ1n) is 4.43. The minimum absolute atomic E-state index is 0.164. The fourth-order valence-electron chi connectivity index (χ4n) is 1.32. The molecule has 0 saturated carbocycles. The van der Waals surface area contributed by atoms with E-state index in [0.29, 0.717) is 9.90 Å². The highest BCUT2D eigenvalue weighted by molar-refractivity contribution is 9.10. The lowest BCUT2D eigenvalue weighted by atomic mass is 10.1. The maximum absolute atomic E-state index is 13.6. The van der Waals surface area contributed by atoms with Crippen LogP contribution in [-0.2, 0) is 0 Å². The third-order valence-electron chi connectivity index (χ3n) is 2.09. The summed E-state index contributed by atoms with van der Waals surface area (Å²) < 4.78 is 15.1. The largest absolute Gasteiger partial charge is 0.207 e. The summed E-state index contributed by atoms with van der Waals surface area (Å²) in [6, 6.07) is 8.61. The molecular formula is C11H6Br2ClFS. The number of hydrogen-bond donors (Lipinski definition) is 0. The van der Waals surface area contributed by atoms with Crippen molar-refractivity contribution in [3.05, 3.63) is 55.4 Å².